The third kappa shape index (κ3) is 15.6. The van der Waals surface area contributed by atoms with Crippen molar-refractivity contribution >= 4 is 59.0 Å². The van der Waals surface area contributed by atoms with Gasteiger partial charge >= 0.3 is 0 Å². The smallest absolute Gasteiger partial charge is 0.169 e. The summed E-state index contributed by atoms with van der Waals surface area (Å²) < 4.78 is 28.0. The quantitative estimate of drug-likeness (QED) is 0.0240. The largest absolute Gasteiger partial charge is 0.489 e. The van der Waals surface area contributed by atoms with Gasteiger partial charge in [0, 0.05) is 37.1 Å². The molecule has 0 heterocycles. The number of benzene rings is 6. The summed E-state index contributed by atoms with van der Waals surface area (Å²) in [6.07, 6.45) is 29.4. The highest BCUT2D eigenvalue weighted by Crippen LogP contribution is 2.46. The van der Waals surface area contributed by atoms with Gasteiger partial charge in [0.1, 0.15) is 0 Å². The van der Waals surface area contributed by atoms with E-state index in [1.165, 1.54) is 128 Å². The molecule has 0 atom stereocenters. The van der Waals surface area contributed by atoms with Crippen molar-refractivity contribution < 1.29 is 18.9 Å². The van der Waals surface area contributed by atoms with Crippen molar-refractivity contribution in [3.05, 3.63) is 94.5 Å². The van der Waals surface area contributed by atoms with Crippen LogP contribution in [0.3, 0.4) is 0 Å². The van der Waals surface area contributed by atoms with Crippen molar-refractivity contribution in [1.82, 2.24) is 0 Å². The molecule has 0 spiro atoms. The number of rotatable bonds is 32. The Morgan fingerprint density at radius 1 is 0.313 bits per heavy atom. The molecule has 0 unspecified atom stereocenters. The Kier molecular flexibility index (Phi) is 22.9. The molecule has 0 bridgehead atoms. The lowest BCUT2D eigenvalue weighted by Crippen LogP contribution is -2.04. The molecule has 0 fully saturated rings. The zero-order valence-corrected chi connectivity index (χ0v) is 43.4. The van der Waals surface area contributed by atoms with Crippen LogP contribution in [0.4, 0.5) is 0 Å². The van der Waals surface area contributed by atoms with Gasteiger partial charge in [0.25, 0.3) is 0 Å². The van der Waals surface area contributed by atoms with Gasteiger partial charge in [0.05, 0.1) is 26.4 Å². The Balaban J connectivity index is 1.32. The molecule has 6 aromatic carbocycles. The minimum absolute atomic E-state index is 0.674. The summed E-state index contributed by atoms with van der Waals surface area (Å²) >= 11 is 3.80. The molecule has 6 rings (SSSR count). The summed E-state index contributed by atoms with van der Waals surface area (Å²) in [6.45, 7) is 11.8. The fourth-order valence-corrected chi connectivity index (χ4v) is 9.73. The molecule has 0 aliphatic heterocycles. The molecule has 0 saturated heterocycles. The standard InChI is InChI=1S/C62H81BrO4/c1-5-9-13-17-21-27-41-64-59-52-32-26-25-31-51(52)56-45-48(35-38-53(56)60(59)65-42-28-22-18-14-10-6-2)33-34-49-36-39-54-57(46-49)58-47-50(63)37-40-55(58)62(67-44-30-24-20-16-12-8-4)61(54)66-43-29-23-19-15-11-7-3/h25-26,31-32,35-40,45-47H,5-24,27-30,41-44H2,1-4H3. The molecule has 360 valence electrons. The molecule has 4 nitrogen and oxygen atoms in total. The first-order chi connectivity index (χ1) is 33.1. The van der Waals surface area contributed by atoms with Gasteiger partial charge in [-0.15, -0.1) is 0 Å². The van der Waals surface area contributed by atoms with Crippen molar-refractivity contribution in [3.63, 3.8) is 0 Å². The maximum atomic E-state index is 6.77. The Morgan fingerprint density at radius 2 is 0.612 bits per heavy atom. The van der Waals surface area contributed by atoms with E-state index in [9.17, 15) is 0 Å². The van der Waals surface area contributed by atoms with Gasteiger partial charge in [-0.05, 0) is 102 Å². The first-order valence-corrected chi connectivity index (χ1v) is 27.6. The van der Waals surface area contributed by atoms with Crippen LogP contribution in [-0.2, 0) is 0 Å². The number of halogens is 1. The highest BCUT2D eigenvalue weighted by molar-refractivity contribution is 9.10. The summed E-state index contributed by atoms with van der Waals surface area (Å²) in [5.74, 6) is 10.6. The molecule has 67 heavy (non-hydrogen) atoms. The van der Waals surface area contributed by atoms with E-state index in [-0.39, 0.29) is 0 Å². The predicted molar refractivity (Wildman–Crippen MR) is 292 cm³/mol. The highest BCUT2D eigenvalue weighted by atomic mass is 79.9. The van der Waals surface area contributed by atoms with Crippen molar-refractivity contribution in [2.24, 2.45) is 0 Å². The maximum Gasteiger partial charge on any atom is 0.169 e. The Hall–Kier alpha value is -4.40. The van der Waals surface area contributed by atoms with Crippen LogP contribution in [0.5, 0.6) is 23.0 Å². The van der Waals surface area contributed by atoms with Crippen molar-refractivity contribution in [2.75, 3.05) is 26.4 Å². The summed E-state index contributed by atoms with van der Waals surface area (Å²) in [4.78, 5) is 0. The Morgan fingerprint density at radius 3 is 1.00 bits per heavy atom. The summed E-state index contributed by atoms with van der Waals surface area (Å²) in [6, 6.07) is 28.3. The van der Waals surface area contributed by atoms with E-state index < -0.39 is 0 Å². The van der Waals surface area contributed by atoms with Crippen LogP contribution in [-0.4, -0.2) is 26.4 Å². The molecule has 0 amide bonds. The Bertz CT molecular complexity index is 2480. The lowest BCUT2D eigenvalue weighted by atomic mass is 9.97. The molecule has 0 saturated carbocycles. The molecule has 0 aromatic heterocycles. The zero-order chi connectivity index (χ0) is 46.9. The third-order valence-electron chi connectivity index (χ3n) is 13.2. The van der Waals surface area contributed by atoms with Gasteiger partial charge in [0.15, 0.2) is 23.0 Å². The third-order valence-corrected chi connectivity index (χ3v) is 13.7. The lowest BCUT2D eigenvalue weighted by Gasteiger charge is -2.19. The summed E-state index contributed by atoms with van der Waals surface area (Å²) in [5.41, 5.74) is 1.93. The number of ether oxygens (including phenoxy) is 4. The predicted octanol–water partition coefficient (Wildman–Crippen LogP) is 19.4. The van der Waals surface area contributed by atoms with Crippen LogP contribution >= 0.6 is 15.9 Å². The van der Waals surface area contributed by atoms with E-state index >= 15 is 0 Å². The molecule has 0 radical (unpaired) electrons. The van der Waals surface area contributed by atoms with E-state index in [2.05, 4.69) is 134 Å². The van der Waals surface area contributed by atoms with Crippen LogP contribution in [0.2, 0.25) is 0 Å². The SMILES string of the molecule is CCCCCCCCOc1c(OCCCCCCCC)c2ccc(C#Cc3ccc4c(OCCCCCCCC)c(OCCCCCCCC)c5ccc(Br)cc5c4c3)cc2c2ccccc12. The van der Waals surface area contributed by atoms with E-state index in [1.54, 1.807) is 0 Å². The van der Waals surface area contributed by atoms with Gasteiger partial charge in [-0.25, -0.2) is 0 Å². The van der Waals surface area contributed by atoms with Crippen LogP contribution < -0.4 is 18.9 Å². The summed E-state index contributed by atoms with van der Waals surface area (Å²) in [5, 5.41) is 8.90. The average molecular weight is 970 g/mol. The van der Waals surface area contributed by atoms with Gasteiger partial charge in [-0.1, -0.05) is 208 Å². The fraction of sp³-hybridized carbons (Fsp3) is 0.516. The molecular weight excluding hydrogens is 889 g/mol. The number of fused-ring (bicyclic) bond motifs is 6. The second kappa shape index (κ2) is 29.5. The minimum atomic E-state index is 0.674. The molecule has 0 aliphatic rings. The molecular formula is C62H81BrO4. The van der Waals surface area contributed by atoms with E-state index in [0.717, 1.165) is 107 Å². The van der Waals surface area contributed by atoms with E-state index in [4.69, 9.17) is 18.9 Å². The van der Waals surface area contributed by atoms with Gasteiger partial charge in [-0.3, -0.25) is 0 Å². The van der Waals surface area contributed by atoms with Crippen molar-refractivity contribution in [1.29, 1.82) is 0 Å². The van der Waals surface area contributed by atoms with Crippen LogP contribution in [0, 0.1) is 11.8 Å². The van der Waals surface area contributed by atoms with Crippen LogP contribution in [0.15, 0.2) is 83.3 Å². The first-order valence-electron chi connectivity index (χ1n) is 26.8. The number of hydrogen-bond donors (Lipinski definition) is 0. The Labute approximate surface area is 413 Å². The van der Waals surface area contributed by atoms with Crippen LogP contribution in [0.1, 0.15) is 193 Å². The maximum absolute atomic E-state index is 6.77. The number of unbranched alkanes of at least 4 members (excludes halogenated alkanes) is 20. The van der Waals surface area contributed by atoms with Crippen molar-refractivity contribution in [2.45, 2.75) is 182 Å². The van der Waals surface area contributed by atoms with E-state index in [0.29, 0.717) is 26.4 Å². The molecule has 6 aromatic rings. The molecule has 0 N–H and O–H groups in total. The average Bonchev–Trinajstić information content (AvgIpc) is 3.35. The fourth-order valence-electron chi connectivity index (χ4n) is 9.37. The summed E-state index contributed by atoms with van der Waals surface area (Å²) in [7, 11) is 0. The molecule has 0 aliphatic carbocycles. The van der Waals surface area contributed by atoms with Gasteiger partial charge < -0.3 is 18.9 Å². The van der Waals surface area contributed by atoms with Crippen LogP contribution in [0.25, 0.3) is 43.1 Å². The monoisotopic (exact) mass is 969 g/mol. The second-order valence-corrected chi connectivity index (χ2v) is 19.7. The normalized spacial score (nSPS) is 11.4. The van der Waals surface area contributed by atoms with Gasteiger partial charge in [0.2, 0.25) is 0 Å². The molecule has 5 heteroatoms. The first kappa shape index (κ1) is 52.0. The van der Waals surface area contributed by atoms with E-state index in [1.807, 2.05) is 0 Å². The zero-order valence-electron chi connectivity index (χ0n) is 41.8. The topological polar surface area (TPSA) is 36.9 Å². The number of hydrogen-bond acceptors (Lipinski definition) is 4. The van der Waals surface area contributed by atoms with Crippen molar-refractivity contribution in [3.8, 4) is 34.8 Å². The second-order valence-electron chi connectivity index (χ2n) is 18.8. The minimum Gasteiger partial charge on any atom is -0.489 e. The van der Waals surface area contributed by atoms with Gasteiger partial charge in [-0.2, -0.15) is 0 Å². The lowest BCUT2D eigenvalue weighted by molar-refractivity contribution is 0.263. The highest BCUT2D eigenvalue weighted by Gasteiger charge is 2.20.